The van der Waals surface area contributed by atoms with Gasteiger partial charge in [0, 0.05) is 39.0 Å². The highest BCUT2D eigenvalue weighted by Gasteiger charge is 2.11. The molecule has 0 aliphatic rings. The number of aliphatic hydroxyl groups is 3. The van der Waals surface area contributed by atoms with E-state index in [1.807, 2.05) is 0 Å². The van der Waals surface area contributed by atoms with Gasteiger partial charge in [0.1, 0.15) is 0 Å². The summed E-state index contributed by atoms with van der Waals surface area (Å²) in [5.41, 5.74) is 0. The van der Waals surface area contributed by atoms with E-state index in [0.29, 0.717) is 6.04 Å². The van der Waals surface area contributed by atoms with Gasteiger partial charge >= 0.3 is 0 Å². The van der Waals surface area contributed by atoms with Crippen LogP contribution in [0.4, 0.5) is 0 Å². The van der Waals surface area contributed by atoms with Crippen LogP contribution in [-0.4, -0.2) is 72.3 Å². The standard InChI is InChI=1S/C30H62N2O3/c1-2-3-4-5-6-7-8-9-10-11-12-13-14-15-16-17-21-30(31-23-18-27-33)22-26-32(24-19-28-34)25-20-29-35/h9-10,30-31,33-35H,2-8,11-29H2,1H3. The van der Waals surface area contributed by atoms with Crippen molar-refractivity contribution in [3.05, 3.63) is 12.2 Å². The van der Waals surface area contributed by atoms with Gasteiger partial charge < -0.3 is 25.5 Å². The van der Waals surface area contributed by atoms with E-state index in [9.17, 15) is 0 Å². The molecule has 1 atom stereocenters. The first-order valence-electron chi connectivity index (χ1n) is 15.2. The number of nitrogens with one attached hydrogen (secondary N) is 1. The van der Waals surface area contributed by atoms with E-state index in [2.05, 4.69) is 29.3 Å². The summed E-state index contributed by atoms with van der Waals surface area (Å²) in [5.74, 6) is 0. The zero-order chi connectivity index (χ0) is 25.7. The molecule has 210 valence electrons. The van der Waals surface area contributed by atoms with Gasteiger partial charge in [0.25, 0.3) is 0 Å². The van der Waals surface area contributed by atoms with Crippen molar-refractivity contribution in [3.63, 3.8) is 0 Å². The molecule has 0 aliphatic heterocycles. The Kier molecular flexibility index (Phi) is 29.4. The van der Waals surface area contributed by atoms with Crippen molar-refractivity contribution in [3.8, 4) is 0 Å². The maximum atomic E-state index is 9.15. The van der Waals surface area contributed by atoms with Crippen LogP contribution in [0.5, 0.6) is 0 Å². The van der Waals surface area contributed by atoms with Gasteiger partial charge in [-0.15, -0.1) is 0 Å². The SMILES string of the molecule is CCCCCCCCC=CCCCCCCCCC(CCN(CCCO)CCCO)NCCCO. The monoisotopic (exact) mass is 498 g/mol. The molecule has 0 aliphatic carbocycles. The van der Waals surface area contributed by atoms with Crippen molar-refractivity contribution >= 4 is 0 Å². The topological polar surface area (TPSA) is 76.0 Å². The fourth-order valence-corrected chi connectivity index (χ4v) is 4.63. The van der Waals surface area contributed by atoms with E-state index >= 15 is 0 Å². The number of rotatable bonds is 29. The van der Waals surface area contributed by atoms with Crippen molar-refractivity contribution in [2.24, 2.45) is 0 Å². The van der Waals surface area contributed by atoms with Crippen LogP contribution in [0.15, 0.2) is 12.2 Å². The van der Waals surface area contributed by atoms with Crippen LogP contribution in [0.2, 0.25) is 0 Å². The number of unbranched alkanes of at least 4 members (excludes halogenated alkanes) is 12. The molecule has 0 radical (unpaired) electrons. The summed E-state index contributed by atoms with van der Waals surface area (Å²) in [6.07, 6.45) is 28.3. The second kappa shape index (κ2) is 29.8. The summed E-state index contributed by atoms with van der Waals surface area (Å²) in [5, 5.41) is 31.1. The van der Waals surface area contributed by atoms with Gasteiger partial charge in [-0.05, 0) is 70.9 Å². The molecular formula is C30H62N2O3. The van der Waals surface area contributed by atoms with Gasteiger partial charge in [-0.25, -0.2) is 0 Å². The second-order valence-corrected chi connectivity index (χ2v) is 10.2. The van der Waals surface area contributed by atoms with Crippen LogP contribution < -0.4 is 5.32 Å². The quantitative estimate of drug-likeness (QED) is 0.0728. The average Bonchev–Trinajstić information content (AvgIpc) is 2.87. The number of hydrogen-bond donors (Lipinski definition) is 4. The van der Waals surface area contributed by atoms with Crippen LogP contribution in [0.1, 0.15) is 129 Å². The summed E-state index contributed by atoms with van der Waals surface area (Å²) >= 11 is 0. The Balaban J connectivity index is 3.85. The lowest BCUT2D eigenvalue weighted by Crippen LogP contribution is -2.36. The maximum Gasteiger partial charge on any atom is 0.0443 e. The van der Waals surface area contributed by atoms with Crippen LogP contribution >= 0.6 is 0 Å². The van der Waals surface area contributed by atoms with Gasteiger partial charge in [-0.2, -0.15) is 0 Å². The molecule has 5 heteroatoms. The van der Waals surface area contributed by atoms with Crippen LogP contribution in [0.3, 0.4) is 0 Å². The lowest BCUT2D eigenvalue weighted by Gasteiger charge is -2.25. The molecule has 0 saturated carbocycles. The highest BCUT2D eigenvalue weighted by molar-refractivity contribution is 4.81. The fourth-order valence-electron chi connectivity index (χ4n) is 4.63. The van der Waals surface area contributed by atoms with Gasteiger partial charge in [0.15, 0.2) is 0 Å². The van der Waals surface area contributed by atoms with E-state index in [1.165, 1.54) is 96.3 Å². The summed E-state index contributed by atoms with van der Waals surface area (Å²) in [7, 11) is 0. The third-order valence-electron chi connectivity index (χ3n) is 6.89. The summed E-state index contributed by atoms with van der Waals surface area (Å²) < 4.78 is 0. The Labute approximate surface area is 218 Å². The van der Waals surface area contributed by atoms with Crippen LogP contribution in [0.25, 0.3) is 0 Å². The zero-order valence-electron chi connectivity index (χ0n) is 23.4. The summed E-state index contributed by atoms with van der Waals surface area (Å²) in [4.78, 5) is 2.37. The molecule has 0 spiro atoms. The molecule has 1 unspecified atom stereocenters. The number of allylic oxidation sites excluding steroid dienone is 2. The highest BCUT2D eigenvalue weighted by Crippen LogP contribution is 2.13. The Morgan fingerprint density at radius 2 is 1.09 bits per heavy atom. The molecule has 0 aromatic heterocycles. The first-order chi connectivity index (χ1) is 17.3. The van der Waals surface area contributed by atoms with Crippen molar-refractivity contribution < 1.29 is 15.3 Å². The second-order valence-electron chi connectivity index (χ2n) is 10.2. The van der Waals surface area contributed by atoms with Gasteiger partial charge in [-0.3, -0.25) is 0 Å². The third-order valence-corrected chi connectivity index (χ3v) is 6.89. The smallest absolute Gasteiger partial charge is 0.0443 e. The minimum Gasteiger partial charge on any atom is -0.396 e. The normalized spacial score (nSPS) is 12.8. The molecule has 35 heavy (non-hydrogen) atoms. The molecule has 0 aromatic rings. The van der Waals surface area contributed by atoms with E-state index in [-0.39, 0.29) is 19.8 Å². The summed E-state index contributed by atoms with van der Waals surface area (Å²) in [6.45, 7) is 6.64. The van der Waals surface area contributed by atoms with E-state index in [4.69, 9.17) is 15.3 Å². The lowest BCUT2D eigenvalue weighted by atomic mass is 10.0. The van der Waals surface area contributed by atoms with E-state index in [0.717, 1.165) is 51.9 Å². The fraction of sp³-hybridized carbons (Fsp3) is 0.933. The minimum absolute atomic E-state index is 0.225. The van der Waals surface area contributed by atoms with E-state index in [1.54, 1.807) is 0 Å². The molecular weight excluding hydrogens is 436 g/mol. The molecule has 0 rings (SSSR count). The van der Waals surface area contributed by atoms with Crippen molar-refractivity contribution in [1.29, 1.82) is 0 Å². The lowest BCUT2D eigenvalue weighted by molar-refractivity contribution is 0.193. The highest BCUT2D eigenvalue weighted by atomic mass is 16.3. The largest absolute Gasteiger partial charge is 0.396 e. The maximum absolute atomic E-state index is 9.15. The van der Waals surface area contributed by atoms with Crippen molar-refractivity contribution in [1.82, 2.24) is 10.2 Å². The predicted octanol–water partition coefficient (Wildman–Crippen LogP) is 6.21. The molecule has 0 bridgehead atoms. The minimum atomic E-state index is 0.225. The predicted molar refractivity (Wildman–Crippen MR) is 152 cm³/mol. The Bertz CT molecular complexity index is 412. The Hall–Kier alpha value is -0.460. The average molecular weight is 499 g/mol. The van der Waals surface area contributed by atoms with Gasteiger partial charge in [-0.1, -0.05) is 83.3 Å². The van der Waals surface area contributed by atoms with Crippen molar-refractivity contribution in [2.75, 3.05) is 46.0 Å². The third kappa shape index (κ3) is 26.4. The van der Waals surface area contributed by atoms with Crippen molar-refractivity contribution in [2.45, 2.75) is 135 Å². The molecule has 4 N–H and O–H groups in total. The van der Waals surface area contributed by atoms with Gasteiger partial charge in [0.2, 0.25) is 0 Å². The summed E-state index contributed by atoms with van der Waals surface area (Å²) in [6, 6.07) is 0.490. The Morgan fingerprint density at radius 1 is 0.571 bits per heavy atom. The first-order valence-corrected chi connectivity index (χ1v) is 15.2. The number of aliphatic hydroxyl groups excluding tert-OH is 3. The number of nitrogens with zero attached hydrogens (tertiary/aromatic N) is 1. The molecule has 0 amide bonds. The Morgan fingerprint density at radius 3 is 1.63 bits per heavy atom. The molecule has 0 saturated heterocycles. The molecule has 5 nitrogen and oxygen atoms in total. The number of hydrogen-bond acceptors (Lipinski definition) is 5. The molecule has 0 fully saturated rings. The zero-order valence-corrected chi connectivity index (χ0v) is 23.4. The van der Waals surface area contributed by atoms with Crippen LogP contribution in [0, 0.1) is 0 Å². The molecule has 0 aromatic carbocycles. The van der Waals surface area contributed by atoms with Crippen LogP contribution in [-0.2, 0) is 0 Å². The first kappa shape index (κ1) is 34.5. The van der Waals surface area contributed by atoms with E-state index < -0.39 is 0 Å². The molecule has 0 heterocycles. The van der Waals surface area contributed by atoms with Gasteiger partial charge in [0.05, 0.1) is 0 Å².